The van der Waals surface area contributed by atoms with Crippen LogP contribution in [0.4, 0.5) is 0 Å². The molecule has 2 aliphatic carbocycles. The predicted octanol–water partition coefficient (Wildman–Crippen LogP) is 4.81. The van der Waals surface area contributed by atoms with Crippen LogP contribution in [0.1, 0.15) is 18.4 Å². The van der Waals surface area contributed by atoms with Crippen LogP contribution in [0.5, 0.6) is 0 Å². The maximum absolute atomic E-state index is 12.5. The minimum absolute atomic E-state index is 0.264. The summed E-state index contributed by atoms with van der Waals surface area (Å²) in [6.45, 7) is 0. The van der Waals surface area contributed by atoms with Gasteiger partial charge in [-0.2, -0.15) is 0 Å². The molecule has 2 bridgehead atoms. The van der Waals surface area contributed by atoms with Crippen molar-refractivity contribution >= 4 is 27.6 Å². The van der Waals surface area contributed by atoms with Crippen molar-refractivity contribution in [3.63, 3.8) is 0 Å². The third-order valence-corrected chi connectivity index (χ3v) is 5.87. The van der Waals surface area contributed by atoms with Crippen molar-refractivity contribution in [3.05, 3.63) is 60.2 Å². The Balaban J connectivity index is 1.49. The molecule has 2 aromatic carbocycles. The van der Waals surface area contributed by atoms with Crippen LogP contribution in [-0.4, -0.2) is 5.12 Å². The zero-order valence-corrected chi connectivity index (χ0v) is 12.7. The molecule has 1 saturated carbocycles. The minimum atomic E-state index is 0.264. The third-order valence-electron chi connectivity index (χ3n) is 4.83. The molecule has 0 heterocycles. The molecule has 3 unspecified atom stereocenters. The van der Waals surface area contributed by atoms with E-state index in [2.05, 4.69) is 54.6 Å². The Morgan fingerprint density at radius 2 is 1.90 bits per heavy atom. The number of fused-ring (bicyclic) bond motifs is 3. The first-order valence-corrected chi connectivity index (χ1v) is 8.61. The molecular formula is C19H18OS. The van der Waals surface area contributed by atoms with Gasteiger partial charge in [0.05, 0.1) is 0 Å². The average Bonchev–Trinajstić information content (AvgIpc) is 3.15. The van der Waals surface area contributed by atoms with Crippen molar-refractivity contribution in [1.82, 2.24) is 0 Å². The molecule has 106 valence electrons. The van der Waals surface area contributed by atoms with Gasteiger partial charge in [-0.1, -0.05) is 66.4 Å². The quantitative estimate of drug-likeness (QED) is 0.756. The van der Waals surface area contributed by atoms with Crippen molar-refractivity contribution in [2.75, 3.05) is 0 Å². The summed E-state index contributed by atoms with van der Waals surface area (Å²) in [6, 6.07) is 14.8. The van der Waals surface area contributed by atoms with Gasteiger partial charge in [-0.15, -0.1) is 0 Å². The van der Waals surface area contributed by atoms with E-state index in [-0.39, 0.29) is 5.92 Å². The van der Waals surface area contributed by atoms with Crippen molar-refractivity contribution in [2.24, 2.45) is 17.8 Å². The molecule has 1 nitrogen and oxygen atoms in total. The Morgan fingerprint density at radius 1 is 1.05 bits per heavy atom. The third kappa shape index (κ3) is 2.42. The van der Waals surface area contributed by atoms with Crippen molar-refractivity contribution in [1.29, 1.82) is 0 Å². The van der Waals surface area contributed by atoms with E-state index in [0.717, 1.165) is 12.2 Å². The summed E-state index contributed by atoms with van der Waals surface area (Å²) in [7, 11) is 0. The number of thioether (sulfide) groups is 1. The van der Waals surface area contributed by atoms with Gasteiger partial charge in [0, 0.05) is 11.7 Å². The molecule has 2 aromatic rings. The van der Waals surface area contributed by atoms with Crippen LogP contribution in [0.15, 0.2) is 54.6 Å². The molecule has 21 heavy (non-hydrogen) atoms. The number of carbonyl (C=O) groups is 1. The molecule has 0 aromatic heterocycles. The van der Waals surface area contributed by atoms with Crippen LogP contribution in [0.3, 0.4) is 0 Å². The van der Waals surface area contributed by atoms with Gasteiger partial charge in [0.25, 0.3) is 0 Å². The Hall–Kier alpha value is -1.54. The van der Waals surface area contributed by atoms with Gasteiger partial charge in [-0.25, -0.2) is 0 Å². The number of rotatable bonds is 3. The molecule has 0 aliphatic heterocycles. The molecule has 0 amide bonds. The molecule has 1 fully saturated rings. The van der Waals surface area contributed by atoms with Crippen molar-refractivity contribution in [2.45, 2.75) is 18.6 Å². The number of benzene rings is 2. The normalized spacial score (nSPS) is 26.6. The number of hydrogen-bond acceptors (Lipinski definition) is 2. The largest absolute Gasteiger partial charge is 0.287 e. The van der Waals surface area contributed by atoms with Gasteiger partial charge in [0.15, 0.2) is 5.12 Å². The Bertz CT molecular complexity index is 713. The van der Waals surface area contributed by atoms with E-state index >= 15 is 0 Å². The highest BCUT2D eigenvalue weighted by atomic mass is 32.2. The second-order valence-electron chi connectivity index (χ2n) is 6.13. The molecule has 2 aliphatic rings. The van der Waals surface area contributed by atoms with Gasteiger partial charge in [-0.3, -0.25) is 4.79 Å². The highest BCUT2D eigenvalue weighted by Gasteiger charge is 2.39. The van der Waals surface area contributed by atoms with E-state index in [1.54, 1.807) is 0 Å². The van der Waals surface area contributed by atoms with Crippen molar-refractivity contribution in [3.8, 4) is 0 Å². The first-order valence-electron chi connectivity index (χ1n) is 7.63. The predicted molar refractivity (Wildman–Crippen MR) is 89.1 cm³/mol. The van der Waals surface area contributed by atoms with Gasteiger partial charge in [0.1, 0.15) is 0 Å². The maximum Gasteiger partial charge on any atom is 0.192 e. The SMILES string of the molecule is O=C(SCc1cccc2ccccc12)C1CC2C=CC1C2. The van der Waals surface area contributed by atoms with E-state index in [1.807, 2.05) is 0 Å². The van der Waals surface area contributed by atoms with Gasteiger partial charge >= 0.3 is 0 Å². The van der Waals surface area contributed by atoms with E-state index < -0.39 is 0 Å². The highest BCUT2D eigenvalue weighted by molar-refractivity contribution is 8.13. The van der Waals surface area contributed by atoms with Crippen molar-refractivity contribution < 1.29 is 4.79 Å². The van der Waals surface area contributed by atoms with Crippen LogP contribution >= 0.6 is 11.8 Å². The van der Waals surface area contributed by atoms with E-state index in [9.17, 15) is 4.79 Å². The van der Waals surface area contributed by atoms with E-state index in [0.29, 0.717) is 17.0 Å². The summed E-state index contributed by atoms with van der Waals surface area (Å²) >= 11 is 1.51. The molecule has 3 atom stereocenters. The van der Waals surface area contributed by atoms with E-state index in [1.165, 1.54) is 34.5 Å². The highest BCUT2D eigenvalue weighted by Crippen LogP contribution is 2.45. The molecule has 2 heteroatoms. The number of hydrogen-bond donors (Lipinski definition) is 0. The Kier molecular flexibility index (Phi) is 3.34. The summed E-state index contributed by atoms with van der Waals surface area (Å²) in [5.41, 5.74) is 1.27. The van der Waals surface area contributed by atoms with Gasteiger partial charge in [0.2, 0.25) is 0 Å². The van der Waals surface area contributed by atoms with Gasteiger partial charge in [-0.05, 0) is 41.0 Å². The van der Waals surface area contributed by atoms with Gasteiger partial charge < -0.3 is 0 Å². The topological polar surface area (TPSA) is 17.1 Å². The van der Waals surface area contributed by atoms with Crippen LogP contribution in [-0.2, 0) is 10.5 Å². The smallest absolute Gasteiger partial charge is 0.192 e. The summed E-state index contributed by atoms with van der Waals surface area (Å²) in [5, 5.41) is 2.92. The standard InChI is InChI=1S/C19H18OS/c20-19(18-11-13-8-9-15(18)10-13)21-12-16-6-3-5-14-4-1-2-7-17(14)16/h1-9,13,15,18H,10-12H2. The van der Waals surface area contributed by atoms with Crippen LogP contribution in [0.2, 0.25) is 0 Å². The van der Waals surface area contributed by atoms with Crippen LogP contribution < -0.4 is 0 Å². The lowest BCUT2D eigenvalue weighted by Crippen LogP contribution is -2.16. The summed E-state index contributed by atoms with van der Waals surface area (Å²) in [4.78, 5) is 12.5. The van der Waals surface area contributed by atoms with Crippen LogP contribution in [0, 0.1) is 17.8 Å². The molecular weight excluding hydrogens is 276 g/mol. The molecule has 0 saturated heterocycles. The molecule has 0 radical (unpaired) electrons. The average molecular weight is 294 g/mol. The molecule has 0 spiro atoms. The maximum atomic E-state index is 12.5. The fourth-order valence-electron chi connectivity index (χ4n) is 3.73. The lowest BCUT2D eigenvalue weighted by atomic mass is 9.95. The zero-order chi connectivity index (χ0) is 14.2. The zero-order valence-electron chi connectivity index (χ0n) is 11.9. The lowest BCUT2D eigenvalue weighted by Gasteiger charge is -2.16. The number of allylic oxidation sites excluding steroid dienone is 2. The fourth-order valence-corrected chi connectivity index (χ4v) is 4.76. The Morgan fingerprint density at radius 3 is 2.71 bits per heavy atom. The molecule has 4 rings (SSSR count). The summed E-state index contributed by atoms with van der Waals surface area (Å²) in [6.07, 6.45) is 6.83. The Labute approximate surface area is 129 Å². The number of carbonyl (C=O) groups excluding carboxylic acids is 1. The first kappa shape index (κ1) is 13.1. The second kappa shape index (κ2) is 5.34. The summed E-state index contributed by atoms with van der Waals surface area (Å²) in [5.74, 6) is 2.24. The lowest BCUT2D eigenvalue weighted by molar-refractivity contribution is -0.115. The minimum Gasteiger partial charge on any atom is -0.287 e. The van der Waals surface area contributed by atoms with Crippen LogP contribution in [0.25, 0.3) is 10.8 Å². The second-order valence-corrected chi connectivity index (χ2v) is 7.11. The molecule has 0 N–H and O–H groups in total. The fraction of sp³-hybridized carbons (Fsp3) is 0.316. The monoisotopic (exact) mass is 294 g/mol. The summed E-state index contributed by atoms with van der Waals surface area (Å²) < 4.78 is 0. The van der Waals surface area contributed by atoms with E-state index in [4.69, 9.17) is 0 Å². The first-order chi connectivity index (χ1) is 10.3.